The Hall–Kier alpha value is -1.61. The highest BCUT2D eigenvalue weighted by atomic mass is 16.5. The van der Waals surface area contributed by atoms with E-state index in [2.05, 4.69) is 29.4 Å². The van der Waals surface area contributed by atoms with Crippen LogP contribution in [-0.2, 0) is 0 Å². The molecular formula is C17H22N2O. The SMILES string of the molecule is CCNC1CCCCC1Oc1cccc2ncccc12. The molecule has 0 spiro atoms. The summed E-state index contributed by atoms with van der Waals surface area (Å²) in [6.07, 6.45) is 7.00. The van der Waals surface area contributed by atoms with E-state index in [1.54, 1.807) is 0 Å². The number of nitrogens with zero attached hydrogens (tertiary/aromatic N) is 1. The van der Waals surface area contributed by atoms with E-state index in [-0.39, 0.29) is 6.10 Å². The first-order valence-corrected chi connectivity index (χ1v) is 7.62. The minimum atomic E-state index is 0.273. The second-order valence-corrected chi connectivity index (χ2v) is 5.43. The summed E-state index contributed by atoms with van der Waals surface area (Å²) in [5.41, 5.74) is 1.00. The van der Waals surface area contributed by atoms with Crippen LogP contribution in [0.15, 0.2) is 36.5 Å². The first-order valence-electron chi connectivity index (χ1n) is 7.62. The van der Waals surface area contributed by atoms with Gasteiger partial charge < -0.3 is 10.1 Å². The summed E-state index contributed by atoms with van der Waals surface area (Å²) < 4.78 is 6.33. The van der Waals surface area contributed by atoms with Gasteiger partial charge in [-0.05, 0) is 50.1 Å². The zero-order valence-corrected chi connectivity index (χ0v) is 12.0. The lowest BCUT2D eigenvalue weighted by Crippen LogP contribution is -2.45. The van der Waals surface area contributed by atoms with Crippen molar-refractivity contribution in [2.24, 2.45) is 0 Å². The molecule has 1 aromatic carbocycles. The molecule has 106 valence electrons. The van der Waals surface area contributed by atoms with Crippen molar-refractivity contribution >= 4 is 10.9 Å². The molecule has 1 heterocycles. The third-order valence-electron chi connectivity index (χ3n) is 4.05. The van der Waals surface area contributed by atoms with E-state index in [0.717, 1.165) is 29.6 Å². The van der Waals surface area contributed by atoms with Gasteiger partial charge in [0.15, 0.2) is 0 Å². The topological polar surface area (TPSA) is 34.1 Å². The summed E-state index contributed by atoms with van der Waals surface area (Å²) in [6, 6.07) is 10.6. The average Bonchev–Trinajstić information content (AvgIpc) is 2.50. The van der Waals surface area contributed by atoms with E-state index in [1.807, 2.05) is 24.4 Å². The number of fused-ring (bicyclic) bond motifs is 1. The maximum absolute atomic E-state index is 6.33. The standard InChI is InChI=1S/C17H22N2O/c1-2-18-15-8-3-4-10-17(15)20-16-11-5-9-14-13(16)7-6-12-19-14/h5-7,9,11-12,15,17-18H,2-4,8,10H2,1H3. The van der Waals surface area contributed by atoms with Gasteiger partial charge in [-0.25, -0.2) is 0 Å². The summed E-state index contributed by atoms with van der Waals surface area (Å²) in [6.45, 7) is 3.16. The molecule has 0 saturated heterocycles. The Morgan fingerprint density at radius 1 is 1.20 bits per heavy atom. The van der Waals surface area contributed by atoms with Gasteiger partial charge in [-0.3, -0.25) is 4.98 Å². The van der Waals surface area contributed by atoms with Gasteiger partial charge in [-0.15, -0.1) is 0 Å². The predicted octanol–water partition coefficient (Wildman–Crippen LogP) is 3.53. The Balaban J connectivity index is 1.84. The zero-order valence-electron chi connectivity index (χ0n) is 12.0. The van der Waals surface area contributed by atoms with E-state index in [9.17, 15) is 0 Å². The number of pyridine rings is 1. The quantitative estimate of drug-likeness (QED) is 0.922. The van der Waals surface area contributed by atoms with Crippen molar-refractivity contribution in [2.75, 3.05) is 6.54 Å². The van der Waals surface area contributed by atoms with Gasteiger partial charge in [0.05, 0.1) is 5.52 Å². The number of likely N-dealkylation sites (N-methyl/N-ethyl adjacent to an activating group) is 1. The third kappa shape index (κ3) is 2.78. The maximum Gasteiger partial charge on any atom is 0.129 e. The van der Waals surface area contributed by atoms with Crippen molar-refractivity contribution < 1.29 is 4.74 Å². The van der Waals surface area contributed by atoms with Crippen LogP contribution < -0.4 is 10.1 Å². The molecule has 2 atom stereocenters. The van der Waals surface area contributed by atoms with Gasteiger partial charge in [0, 0.05) is 17.6 Å². The number of hydrogen-bond acceptors (Lipinski definition) is 3. The van der Waals surface area contributed by atoms with Crippen LogP contribution in [0, 0.1) is 0 Å². The molecule has 3 rings (SSSR count). The number of hydrogen-bond donors (Lipinski definition) is 1. The fourth-order valence-electron chi connectivity index (χ4n) is 3.07. The Kier molecular flexibility index (Phi) is 4.16. The second-order valence-electron chi connectivity index (χ2n) is 5.43. The molecule has 1 aliphatic rings. The molecule has 3 nitrogen and oxygen atoms in total. The van der Waals surface area contributed by atoms with Crippen LogP contribution >= 0.6 is 0 Å². The first kappa shape index (κ1) is 13.4. The lowest BCUT2D eigenvalue weighted by atomic mass is 9.92. The molecule has 1 N–H and O–H groups in total. The number of nitrogens with one attached hydrogen (secondary N) is 1. The van der Waals surface area contributed by atoms with Crippen molar-refractivity contribution in [3.8, 4) is 5.75 Å². The van der Waals surface area contributed by atoms with Crippen LogP contribution in [0.25, 0.3) is 10.9 Å². The van der Waals surface area contributed by atoms with Crippen LogP contribution in [0.2, 0.25) is 0 Å². The zero-order chi connectivity index (χ0) is 13.8. The molecule has 2 aromatic rings. The minimum absolute atomic E-state index is 0.273. The molecule has 20 heavy (non-hydrogen) atoms. The Labute approximate surface area is 120 Å². The van der Waals surface area contributed by atoms with E-state index in [1.165, 1.54) is 19.3 Å². The average molecular weight is 270 g/mol. The van der Waals surface area contributed by atoms with E-state index < -0.39 is 0 Å². The van der Waals surface area contributed by atoms with Gasteiger partial charge >= 0.3 is 0 Å². The van der Waals surface area contributed by atoms with Crippen LogP contribution in [0.3, 0.4) is 0 Å². The molecule has 0 radical (unpaired) electrons. The molecule has 1 aromatic heterocycles. The number of aromatic nitrogens is 1. The van der Waals surface area contributed by atoms with Crippen molar-refractivity contribution in [1.82, 2.24) is 10.3 Å². The molecule has 2 unspecified atom stereocenters. The highest BCUT2D eigenvalue weighted by molar-refractivity contribution is 5.84. The van der Waals surface area contributed by atoms with Gasteiger partial charge in [-0.1, -0.05) is 19.4 Å². The summed E-state index contributed by atoms with van der Waals surface area (Å²) in [7, 11) is 0. The lowest BCUT2D eigenvalue weighted by Gasteiger charge is -2.32. The van der Waals surface area contributed by atoms with Crippen LogP contribution in [0.4, 0.5) is 0 Å². The third-order valence-corrected chi connectivity index (χ3v) is 4.05. The lowest BCUT2D eigenvalue weighted by molar-refractivity contribution is 0.116. The van der Waals surface area contributed by atoms with Crippen LogP contribution in [0.1, 0.15) is 32.6 Å². The highest BCUT2D eigenvalue weighted by Gasteiger charge is 2.26. The summed E-state index contributed by atoms with van der Waals surface area (Å²) >= 11 is 0. The Bertz CT molecular complexity index is 562. The summed E-state index contributed by atoms with van der Waals surface area (Å²) in [5, 5.41) is 4.67. The van der Waals surface area contributed by atoms with E-state index in [0.29, 0.717) is 6.04 Å². The van der Waals surface area contributed by atoms with Crippen molar-refractivity contribution in [3.05, 3.63) is 36.5 Å². The molecule has 1 aliphatic carbocycles. The van der Waals surface area contributed by atoms with Gasteiger partial charge in [0.25, 0.3) is 0 Å². The number of ether oxygens (including phenoxy) is 1. The van der Waals surface area contributed by atoms with Crippen molar-refractivity contribution in [1.29, 1.82) is 0 Å². The summed E-state index contributed by atoms with van der Waals surface area (Å²) in [5.74, 6) is 0.963. The van der Waals surface area contributed by atoms with Gasteiger partial charge in [0.1, 0.15) is 11.9 Å². The number of rotatable bonds is 4. The van der Waals surface area contributed by atoms with Gasteiger partial charge in [-0.2, -0.15) is 0 Å². The molecule has 0 bridgehead atoms. The minimum Gasteiger partial charge on any atom is -0.488 e. The van der Waals surface area contributed by atoms with Crippen LogP contribution in [0.5, 0.6) is 5.75 Å². The fourth-order valence-corrected chi connectivity index (χ4v) is 3.07. The maximum atomic E-state index is 6.33. The smallest absolute Gasteiger partial charge is 0.129 e. The summed E-state index contributed by atoms with van der Waals surface area (Å²) in [4.78, 5) is 4.39. The monoisotopic (exact) mass is 270 g/mol. The second kappa shape index (κ2) is 6.23. The largest absolute Gasteiger partial charge is 0.488 e. The molecule has 1 fully saturated rings. The highest BCUT2D eigenvalue weighted by Crippen LogP contribution is 2.29. The molecular weight excluding hydrogens is 248 g/mol. The van der Waals surface area contributed by atoms with Crippen molar-refractivity contribution in [2.45, 2.75) is 44.8 Å². The fraction of sp³-hybridized carbons (Fsp3) is 0.471. The normalized spacial score (nSPS) is 22.9. The molecule has 3 heteroatoms. The van der Waals surface area contributed by atoms with E-state index >= 15 is 0 Å². The van der Waals surface area contributed by atoms with Gasteiger partial charge in [0.2, 0.25) is 0 Å². The van der Waals surface area contributed by atoms with Crippen molar-refractivity contribution in [3.63, 3.8) is 0 Å². The van der Waals surface area contributed by atoms with E-state index in [4.69, 9.17) is 4.74 Å². The Morgan fingerprint density at radius 2 is 2.10 bits per heavy atom. The van der Waals surface area contributed by atoms with Crippen LogP contribution in [-0.4, -0.2) is 23.7 Å². The first-order chi connectivity index (χ1) is 9.88. The predicted molar refractivity (Wildman–Crippen MR) is 82.1 cm³/mol. The molecule has 0 aliphatic heterocycles. The molecule has 0 amide bonds. The number of benzene rings is 1. The molecule has 1 saturated carbocycles. The Morgan fingerprint density at radius 3 is 3.00 bits per heavy atom.